The van der Waals surface area contributed by atoms with Gasteiger partial charge in [-0.25, -0.2) is 0 Å². The molecule has 2 aromatic carbocycles. The largest absolute Gasteiger partial charge is 0.341 e. The lowest BCUT2D eigenvalue weighted by Gasteiger charge is -2.35. The number of hydrogen-bond donors (Lipinski definition) is 1. The Balaban J connectivity index is 1.71. The van der Waals surface area contributed by atoms with E-state index in [2.05, 4.69) is 90.2 Å². The topological polar surface area (TPSA) is 6.48 Å². The van der Waals surface area contributed by atoms with E-state index in [9.17, 15) is 0 Å². The highest BCUT2D eigenvalue weighted by Gasteiger charge is 2.23. The third kappa shape index (κ3) is 3.46. The lowest BCUT2D eigenvalue weighted by atomic mass is 9.94. The Morgan fingerprint density at radius 3 is 2.54 bits per heavy atom. The molecule has 0 amide bonds. The third-order valence-corrected chi connectivity index (χ3v) is 7.02. The lowest BCUT2D eigenvalue weighted by Crippen LogP contribution is -2.27. The Morgan fingerprint density at radius 2 is 1.77 bits per heavy atom. The van der Waals surface area contributed by atoms with E-state index < -0.39 is 0 Å². The summed E-state index contributed by atoms with van der Waals surface area (Å²) in [5, 5.41) is 4.68. The average Bonchev–Trinajstić information content (AvgIpc) is 3.15. The normalized spacial score (nSPS) is 16.3. The van der Waals surface area contributed by atoms with Gasteiger partial charge in [-0.15, -0.1) is 0 Å². The Labute approximate surface area is 160 Å². The predicted octanol–water partition coefficient (Wildman–Crippen LogP) is 5.39. The summed E-state index contributed by atoms with van der Waals surface area (Å²) in [5.74, 6) is 0. The van der Waals surface area contributed by atoms with E-state index in [1.165, 1.54) is 39.4 Å². The van der Waals surface area contributed by atoms with Gasteiger partial charge in [0, 0.05) is 24.3 Å². The van der Waals surface area contributed by atoms with E-state index in [0.717, 1.165) is 19.5 Å². The van der Waals surface area contributed by atoms with Gasteiger partial charge in [0.2, 0.25) is 0 Å². The van der Waals surface area contributed by atoms with Gasteiger partial charge in [0.25, 0.3) is 0 Å². The summed E-state index contributed by atoms with van der Waals surface area (Å²) in [6.45, 7) is 4.37. The van der Waals surface area contributed by atoms with Crippen molar-refractivity contribution < 1.29 is 0 Å². The van der Waals surface area contributed by atoms with E-state index in [4.69, 9.17) is 0 Å². The van der Waals surface area contributed by atoms with Gasteiger partial charge in [-0.2, -0.15) is 10.9 Å². The molecule has 0 aliphatic carbocycles. The zero-order chi connectivity index (χ0) is 18.1. The van der Waals surface area contributed by atoms with Crippen LogP contribution in [0, 0.1) is 6.92 Å². The van der Waals surface area contributed by atoms with Crippen LogP contribution < -0.4 is 4.90 Å². The molecule has 2 nitrogen and oxygen atoms in total. The SMILES string of the molecule is Cc1ccc2c(c1)Cc1ccc([SH]3C=CC=C3)cc1N2CCCN(C)C. The first-order valence-corrected chi connectivity index (χ1v) is 10.9. The van der Waals surface area contributed by atoms with Crippen molar-refractivity contribution in [3.63, 3.8) is 0 Å². The van der Waals surface area contributed by atoms with Gasteiger partial charge in [-0.1, -0.05) is 35.9 Å². The summed E-state index contributed by atoms with van der Waals surface area (Å²) < 4.78 is 0. The summed E-state index contributed by atoms with van der Waals surface area (Å²) in [6.07, 6.45) is 6.56. The van der Waals surface area contributed by atoms with Crippen molar-refractivity contribution in [2.24, 2.45) is 0 Å². The van der Waals surface area contributed by atoms with Crippen molar-refractivity contribution in [1.82, 2.24) is 4.90 Å². The highest BCUT2D eigenvalue weighted by molar-refractivity contribution is 8.22. The van der Waals surface area contributed by atoms with Crippen LogP contribution >= 0.6 is 10.9 Å². The summed E-state index contributed by atoms with van der Waals surface area (Å²) >= 11 is 0. The minimum Gasteiger partial charge on any atom is -0.341 e. The van der Waals surface area contributed by atoms with Crippen LogP contribution in [0.4, 0.5) is 11.4 Å². The molecule has 0 fully saturated rings. The van der Waals surface area contributed by atoms with Crippen LogP contribution in [-0.4, -0.2) is 32.1 Å². The molecule has 0 saturated carbocycles. The molecule has 0 spiro atoms. The molecule has 0 atom stereocenters. The van der Waals surface area contributed by atoms with Gasteiger partial charge in [-0.3, -0.25) is 0 Å². The predicted molar refractivity (Wildman–Crippen MR) is 116 cm³/mol. The first-order valence-electron chi connectivity index (χ1n) is 9.40. The maximum Gasteiger partial charge on any atom is 0.0457 e. The fourth-order valence-corrected chi connectivity index (χ4v) is 5.39. The van der Waals surface area contributed by atoms with E-state index in [-0.39, 0.29) is 10.9 Å². The number of aryl methyl sites for hydroxylation is 1. The standard InChI is InChI=1S/C23H28N2S/c1-18-7-10-22-20(15-18)16-19-8-9-21(26-13-4-5-14-26)17-23(19)25(22)12-6-11-24(2)3/h4-5,7-10,13-15,17,26H,6,11-12,16H2,1-3H3. The number of rotatable bonds is 5. The average molecular weight is 365 g/mol. The lowest BCUT2D eigenvalue weighted by molar-refractivity contribution is 0.402. The summed E-state index contributed by atoms with van der Waals surface area (Å²) in [6, 6.07) is 14.1. The smallest absolute Gasteiger partial charge is 0.0457 e. The Kier molecular flexibility index (Phi) is 4.92. The van der Waals surface area contributed by atoms with Crippen molar-refractivity contribution in [3.8, 4) is 0 Å². The second-order valence-electron chi connectivity index (χ2n) is 7.52. The summed E-state index contributed by atoms with van der Waals surface area (Å²) in [5.41, 5.74) is 7.07. The van der Waals surface area contributed by atoms with Crippen LogP contribution in [0.25, 0.3) is 0 Å². The molecule has 0 N–H and O–H groups in total. The summed E-state index contributed by atoms with van der Waals surface area (Å²) in [4.78, 5) is 6.28. The Hall–Kier alpha value is -1.97. The van der Waals surface area contributed by atoms with E-state index in [0.29, 0.717) is 0 Å². The fourth-order valence-electron chi connectivity index (χ4n) is 3.86. The Bertz CT molecular complexity index is 855. The van der Waals surface area contributed by atoms with Gasteiger partial charge < -0.3 is 9.80 Å². The van der Waals surface area contributed by atoms with Gasteiger partial charge in [-0.05, 0) is 79.0 Å². The number of anilines is 2. The maximum absolute atomic E-state index is 2.55. The van der Waals surface area contributed by atoms with Crippen LogP contribution in [0.5, 0.6) is 0 Å². The van der Waals surface area contributed by atoms with Gasteiger partial charge in [0.15, 0.2) is 0 Å². The molecule has 4 rings (SSSR count). The summed E-state index contributed by atoms with van der Waals surface area (Å²) in [7, 11) is 4.04. The van der Waals surface area contributed by atoms with Crippen LogP contribution in [0.2, 0.25) is 0 Å². The van der Waals surface area contributed by atoms with Crippen LogP contribution in [-0.2, 0) is 6.42 Å². The highest BCUT2D eigenvalue weighted by Crippen LogP contribution is 2.46. The van der Waals surface area contributed by atoms with Crippen molar-refractivity contribution in [3.05, 3.63) is 76.1 Å². The molecule has 0 bridgehead atoms. The molecule has 2 aliphatic heterocycles. The molecule has 0 radical (unpaired) electrons. The zero-order valence-corrected chi connectivity index (χ0v) is 16.8. The van der Waals surface area contributed by atoms with Crippen molar-refractivity contribution >= 4 is 22.3 Å². The quantitative estimate of drug-likeness (QED) is 0.711. The molecule has 2 heterocycles. The number of nitrogens with zero attached hydrogens (tertiary/aromatic N) is 2. The molecule has 2 aromatic rings. The molecule has 26 heavy (non-hydrogen) atoms. The monoisotopic (exact) mass is 364 g/mol. The minimum atomic E-state index is -0.266. The van der Waals surface area contributed by atoms with Gasteiger partial charge >= 0.3 is 0 Å². The second kappa shape index (κ2) is 7.34. The molecular formula is C23H28N2S. The van der Waals surface area contributed by atoms with Crippen molar-refractivity contribution in [2.45, 2.75) is 24.7 Å². The number of thiol groups is 1. The molecule has 136 valence electrons. The zero-order valence-electron chi connectivity index (χ0n) is 15.9. The van der Waals surface area contributed by atoms with Crippen LogP contribution in [0.3, 0.4) is 0 Å². The van der Waals surface area contributed by atoms with Gasteiger partial charge in [0.05, 0.1) is 0 Å². The number of benzene rings is 2. The first kappa shape index (κ1) is 17.4. The molecule has 3 heteroatoms. The molecule has 2 aliphatic rings. The van der Waals surface area contributed by atoms with Crippen LogP contribution in [0.15, 0.2) is 64.3 Å². The highest BCUT2D eigenvalue weighted by atomic mass is 32.2. The number of fused-ring (bicyclic) bond motifs is 2. The molecule has 0 unspecified atom stereocenters. The number of allylic oxidation sites excluding steroid dienone is 2. The van der Waals surface area contributed by atoms with Crippen molar-refractivity contribution in [1.29, 1.82) is 0 Å². The first-order chi connectivity index (χ1) is 12.6. The van der Waals surface area contributed by atoms with Crippen molar-refractivity contribution in [2.75, 3.05) is 32.1 Å². The minimum absolute atomic E-state index is 0.266. The maximum atomic E-state index is 2.55. The molecular weight excluding hydrogens is 336 g/mol. The van der Waals surface area contributed by atoms with Gasteiger partial charge in [0.1, 0.15) is 0 Å². The third-order valence-electron chi connectivity index (χ3n) is 5.16. The van der Waals surface area contributed by atoms with E-state index in [1.54, 1.807) is 0 Å². The van der Waals surface area contributed by atoms with E-state index >= 15 is 0 Å². The fraction of sp³-hybridized carbons (Fsp3) is 0.304. The Morgan fingerprint density at radius 1 is 0.962 bits per heavy atom. The van der Waals surface area contributed by atoms with E-state index in [1.807, 2.05) is 0 Å². The molecule has 0 saturated heterocycles. The van der Waals surface area contributed by atoms with Crippen LogP contribution in [0.1, 0.15) is 23.1 Å². The number of hydrogen-bond acceptors (Lipinski definition) is 2. The molecule has 0 aromatic heterocycles. The second-order valence-corrected chi connectivity index (χ2v) is 9.45.